The van der Waals surface area contributed by atoms with E-state index in [2.05, 4.69) is 22.3 Å². The maximum Gasteiger partial charge on any atom is 0.261 e. The maximum atomic E-state index is 12.7. The lowest BCUT2D eigenvalue weighted by Crippen LogP contribution is -2.64. The van der Waals surface area contributed by atoms with Gasteiger partial charge in [0.15, 0.2) is 0 Å². The molecule has 2 aromatic rings. The molecule has 1 aromatic carbocycles. The number of hydrogen-bond donors (Lipinski definition) is 1. The summed E-state index contributed by atoms with van der Waals surface area (Å²) in [6.45, 7) is 3.67. The van der Waals surface area contributed by atoms with Crippen molar-refractivity contribution in [1.29, 1.82) is 0 Å². The smallest absolute Gasteiger partial charge is 0.261 e. The van der Waals surface area contributed by atoms with Crippen LogP contribution in [0.4, 0.5) is 0 Å². The Hall–Kier alpha value is -1.39. The van der Waals surface area contributed by atoms with E-state index in [9.17, 15) is 4.79 Å². The number of piperidine rings is 3. The van der Waals surface area contributed by atoms with Crippen molar-refractivity contribution in [3.8, 4) is 0 Å². The molecule has 3 saturated heterocycles. The van der Waals surface area contributed by atoms with Crippen molar-refractivity contribution in [2.75, 3.05) is 19.6 Å². The third kappa shape index (κ3) is 2.01. The predicted molar refractivity (Wildman–Crippen MR) is 89.2 cm³/mol. The topological polar surface area (TPSA) is 32.3 Å². The van der Waals surface area contributed by atoms with Crippen molar-refractivity contribution in [2.45, 2.75) is 18.9 Å². The summed E-state index contributed by atoms with van der Waals surface area (Å²) < 4.78 is 1.20. The van der Waals surface area contributed by atoms with Gasteiger partial charge in [0.25, 0.3) is 5.91 Å². The summed E-state index contributed by atoms with van der Waals surface area (Å²) in [4.78, 5) is 16.2. The number of carbonyl (C=O) groups is 1. The first kappa shape index (κ1) is 13.1. The molecule has 1 saturated carbocycles. The molecule has 4 fully saturated rings. The molecule has 2 atom stereocenters. The molecular weight excluding hydrogens is 292 g/mol. The number of benzene rings is 1. The first-order valence-corrected chi connectivity index (χ1v) is 9.10. The van der Waals surface area contributed by atoms with Crippen molar-refractivity contribution in [3.63, 3.8) is 0 Å². The van der Waals surface area contributed by atoms with E-state index in [4.69, 9.17) is 0 Å². The molecule has 4 heterocycles. The molecule has 1 amide bonds. The number of nitrogens with one attached hydrogen (secondary N) is 1. The quantitative estimate of drug-likeness (QED) is 0.924. The van der Waals surface area contributed by atoms with Gasteiger partial charge in [-0.15, -0.1) is 11.3 Å². The van der Waals surface area contributed by atoms with Crippen LogP contribution >= 0.6 is 11.3 Å². The van der Waals surface area contributed by atoms with Gasteiger partial charge in [0.2, 0.25) is 0 Å². The van der Waals surface area contributed by atoms with Crippen molar-refractivity contribution < 1.29 is 4.79 Å². The summed E-state index contributed by atoms with van der Waals surface area (Å²) in [5.41, 5.74) is 0. The van der Waals surface area contributed by atoms with Gasteiger partial charge in [0, 0.05) is 30.4 Å². The summed E-state index contributed by atoms with van der Waals surface area (Å²) >= 11 is 1.61. The molecule has 6 rings (SSSR count). The van der Waals surface area contributed by atoms with Gasteiger partial charge in [-0.2, -0.15) is 0 Å². The SMILES string of the molecule is O=C(NC1[C@@H]2CC3C[C@@H]1CN(C3)C2)c1cc2ccccc2s1. The molecule has 4 bridgehead atoms. The minimum Gasteiger partial charge on any atom is -0.348 e. The Labute approximate surface area is 134 Å². The fourth-order valence-corrected chi connectivity index (χ4v) is 5.93. The molecule has 22 heavy (non-hydrogen) atoms. The molecule has 1 aromatic heterocycles. The van der Waals surface area contributed by atoms with Gasteiger partial charge in [-0.05, 0) is 48.1 Å². The monoisotopic (exact) mass is 312 g/mol. The van der Waals surface area contributed by atoms with E-state index in [-0.39, 0.29) is 5.91 Å². The molecule has 0 spiro atoms. The highest BCUT2D eigenvalue weighted by atomic mass is 32.1. The van der Waals surface area contributed by atoms with E-state index >= 15 is 0 Å². The number of amides is 1. The normalized spacial score (nSPS) is 35.9. The summed E-state index contributed by atoms with van der Waals surface area (Å²) in [6.07, 6.45) is 2.62. The molecule has 0 radical (unpaired) electrons. The Kier molecular flexibility index (Phi) is 2.86. The minimum atomic E-state index is 0.133. The van der Waals surface area contributed by atoms with Crippen LogP contribution in [0.15, 0.2) is 30.3 Å². The lowest BCUT2D eigenvalue weighted by molar-refractivity contribution is -0.0418. The number of thiophene rings is 1. The second-order valence-corrected chi connectivity index (χ2v) is 8.31. The van der Waals surface area contributed by atoms with E-state index in [0.29, 0.717) is 17.9 Å². The van der Waals surface area contributed by atoms with Gasteiger partial charge in [0.1, 0.15) is 0 Å². The van der Waals surface area contributed by atoms with Crippen LogP contribution in [0.2, 0.25) is 0 Å². The standard InChI is InChI=1S/C18H20N2OS/c21-18(16-7-12-3-1-2-4-15(12)22-16)19-17-13-5-11-6-14(17)10-20(8-11)9-13/h1-4,7,11,13-14,17H,5-6,8-10H2,(H,19,21)/t11?,13-,14-,17?/m1/s1. The zero-order valence-corrected chi connectivity index (χ0v) is 13.3. The third-order valence-corrected chi connectivity index (χ3v) is 6.85. The van der Waals surface area contributed by atoms with E-state index in [1.165, 1.54) is 42.6 Å². The van der Waals surface area contributed by atoms with Gasteiger partial charge in [0.05, 0.1) is 4.88 Å². The average Bonchev–Trinajstić information content (AvgIpc) is 2.94. The Morgan fingerprint density at radius 3 is 2.64 bits per heavy atom. The molecular formula is C18H20N2OS. The molecule has 114 valence electrons. The van der Waals surface area contributed by atoms with Crippen LogP contribution in [0.1, 0.15) is 22.5 Å². The van der Waals surface area contributed by atoms with Crippen molar-refractivity contribution in [3.05, 3.63) is 35.2 Å². The molecule has 3 nitrogen and oxygen atoms in total. The highest BCUT2D eigenvalue weighted by molar-refractivity contribution is 7.20. The second kappa shape index (κ2) is 4.80. The fourth-order valence-electron chi connectivity index (χ4n) is 4.96. The van der Waals surface area contributed by atoms with E-state index in [1.807, 2.05) is 18.2 Å². The Balaban J connectivity index is 1.38. The molecule has 3 aliphatic heterocycles. The van der Waals surface area contributed by atoms with Crippen molar-refractivity contribution in [2.24, 2.45) is 17.8 Å². The van der Waals surface area contributed by atoms with E-state index < -0.39 is 0 Å². The lowest BCUT2D eigenvalue weighted by atomic mass is 9.65. The summed E-state index contributed by atoms with van der Waals surface area (Å²) in [5.74, 6) is 2.36. The highest BCUT2D eigenvalue weighted by Gasteiger charge is 2.47. The minimum absolute atomic E-state index is 0.133. The van der Waals surface area contributed by atoms with Crippen LogP contribution in [0.5, 0.6) is 0 Å². The fraction of sp³-hybridized carbons (Fsp3) is 0.500. The molecule has 4 aliphatic rings. The Bertz CT molecular complexity index is 677. The average molecular weight is 312 g/mol. The van der Waals surface area contributed by atoms with Crippen LogP contribution in [0.25, 0.3) is 10.1 Å². The van der Waals surface area contributed by atoms with Crippen LogP contribution in [-0.4, -0.2) is 36.5 Å². The summed E-state index contributed by atoms with van der Waals surface area (Å²) in [6, 6.07) is 10.7. The molecule has 0 unspecified atom stereocenters. The Morgan fingerprint density at radius 1 is 1.14 bits per heavy atom. The first-order valence-electron chi connectivity index (χ1n) is 8.28. The first-order chi connectivity index (χ1) is 10.8. The third-order valence-electron chi connectivity index (χ3n) is 5.74. The number of rotatable bonds is 2. The van der Waals surface area contributed by atoms with Crippen LogP contribution in [0.3, 0.4) is 0 Å². The van der Waals surface area contributed by atoms with E-state index in [1.54, 1.807) is 11.3 Å². The number of carbonyl (C=O) groups excluding carboxylic acids is 1. The number of hydrogen-bond acceptors (Lipinski definition) is 3. The van der Waals surface area contributed by atoms with Gasteiger partial charge in [-0.3, -0.25) is 4.79 Å². The zero-order valence-electron chi connectivity index (χ0n) is 12.5. The largest absolute Gasteiger partial charge is 0.348 e. The summed E-state index contributed by atoms with van der Waals surface area (Å²) in [7, 11) is 0. The number of fused-ring (bicyclic) bond motifs is 1. The second-order valence-electron chi connectivity index (χ2n) is 7.22. The Morgan fingerprint density at radius 2 is 1.91 bits per heavy atom. The van der Waals surface area contributed by atoms with Crippen molar-refractivity contribution >= 4 is 27.3 Å². The van der Waals surface area contributed by atoms with Gasteiger partial charge < -0.3 is 10.2 Å². The zero-order chi connectivity index (χ0) is 14.7. The van der Waals surface area contributed by atoms with Crippen molar-refractivity contribution in [1.82, 2.24) is 10.2 Å². The van der Waals surface area contributed by atoms with E-state index in [0.717, 1.165) is 10.8 Å². The molecule has 1 N–H and O–H groups in total. The van der Waals surface area contributed by atoms with Crippen LogP contribution in [0, 0.1) is 17.8 Å². The summed E-state index contributed by atoms with van der Waals surface area (Å²) in [5, 5.41) is 4.56. The maximum absolute atomic E-state index is 12.7. The highest BCUT2D eigenvalue weighted by Crippen LogP contribution is 2.43. The van der Waals surface area contributed by atoms with Crippen LogP contribution < -0.4 is 5.32 Å². The molecule has 4 heteroatoms. The van der Waals surface area contributed by atoms with Gasteiger partial charge in [-0.25, -0.2) is 0 Å². The lowest BCUT2D eigenvalue weighted by Gasteiger charge is -2.55. The molecule has 1 aliphatic carbocycles. The number of nitrogens with zero attached hydrogens (tertiary/aromatic N) is 1. The van der Waals surface area contributed by atoms with Gasteiger partial charge >= 0.3 is 0 Å². The van der Waals surface area contributed by atoms with Gasteiger partial charge in [-0.1, -0.05) is 18.2 Å². The van der Waals surface area contributed by atoms with Crippen LogP contribution in [-0.2, 0) is 0 Å². The predicted octanol–water partition coefficient (Wildman–Crippen LogP) is 2.97.